The van der Waals surface area contributed by atoms with Crippen molar-refractivity contribution in [1.29, 1.82) is 0 Å². The van der Waals surface area contributed by atoms with Gasteiger partial charge in [0.25, 0.3) is 0 Å². The molecule has 0 spiro atoms. The highest BCUT2D eigenvalue weighted by molar-refractivity contribution is 7.89. The molecule has 0 saturated heterocycles. The van der Waals surface area contributed by atoms with Gasteiger partial charge in [-0.15, -0.1) is 11.3 Å². The van der Waals surface area contributed by atoms with E-state index in [4.69, 9.17) is 0 Å². The maximum atomic E-state index is 11.6. The van der Waals surface area contributed by atoms with Crippen molar-refractivity contribution in [3.63, 3.8) is 0 Å². The number of hydrogen-bond acceptors (Lipinski definition) is 7. The molecule has 9 heteroatoms. The average molecular weight is 315 g/mol. The Morgan fingerprint density at radius 2 is 2.15 bits per heavy atom. The predicted octanol–water partition coefficient (Wildman–Crippen LogP) is 1.08. The van der Waals surface area contributed by atoms with Gasteiger partial charge in [-0.2, -0.15) is 4.98 Å². The molecule has 2 heterocycles. The van der Waals surface area contributed by atoms with Gasteiger partial charge in [0.2, 0.25) is 16.0 Å². The van der Waals surface area contributed by atoms with Crippen LogP contribution in [0.25, 0.3) is 10.2 Å². The van der Waals surface area contributed by atoms with E-state index >= 15 is 0 Å². The summed E-state index contributed by atoms with van der Waals surface area (Å²) < 4.78 is 25.6. The number of thiophene rings is 1. The number of nitrogens with one attached hydrogen (secondary N) is 3. The van der Waals surface area contributed by atoms with Crippen molar-refractivity contribution in [1.82, 2.24) is 14.7 Å². The lowest BCUT2D eigenvalue weighted by atomic mass is 10.4. The molecule has 0 aromatic carbocycles. The molecule has 3 N–H and O–H groups in total. The van der Waals surface area contributed by atoms with Crippen LogP contribution in [0.15, 0.2) is 11.4 Å². The van der Waals surface area contributed by atoms with Gasteiger partial charge in [0.15, 0.2) is 0 Å². The van der Waals surface area contributed by atoms with Crippen molar-refractivity contribution in [3.05, 3.63) is 11.4 Å². The molecule has 0 atom stereocenters. The highest BCUT2D eigenvalue weighted by Gasteiger charge is 2.11. The molecule has 0 unspecified atom stereocenters. The van der Waals surface area contributed by atoms with Gasteiger partial charge in [-0.25, -0.2) is 18.1 Å². The molecule has 20 heavy (non-hydrogen) atoms. The molecule has 0 radical (unpaired) electrons. The van der Waals surface area contributed by atoms with E-state index in [-0.39, 0.29) is 5.75 Å². The van der Waals surface area contributed by atoms with Gasteiger partial charge in [0.1, 0.15) is 10.6 Å². The molecular formula is C11H17N5O2S2. The lowest BCUT2D eigenvalue weighted by Gasteiger charge is -2.09. The summed E-state index contributed by atoms with van der Waals surface area (Å²) in [7, 11) is -1.48. The molecule has 0 fully saturated rings. The molecule has 110 valence electrons. The van der Waals surface area contributed by atoms with Gasteiger partial charge in [-0.3, -0.25) is 0 Å². The Morgan fingerprint density at radius 3 is 2.85 bits per heavy atom. The first-order valence-electron chi connectivity index (χ1n) is 6.20. The van der Waals surface area contributed by atoms with Crippen LogP contribution in [-0.2, 0) is 10.0 Å². The Morgan fingerprint density at radius 1 is 1.35 bits per heavy atom. The lowest BCUT2D eigenvalue weighted by Crippen LogP contribution is -2.29. The minimum atomic E-state index is -3.23. The van der Waals surface area contributed by atoms with Crippen molar-refractivity contribution in [3.8, 4) is 0 Å². The van der Waals surface area contributed by atoms with E-state index in [0.717, 1.165) is 10.2 Å². The third-order valence-electron chi connectivity index (χ3n) is 2.58. The summed E-state index contributed by atoms with van der Waals surface area (Å²) in [5.41, 5.74) is 0. The largest absolute Gasteiger partial charge is 0.368 e. The van der Waals surface area contributed by atoms with Gasteiger partial charge < -0.3 is 10.6 Å². The van der Waals surface area contributed by atoms with Gasteiger partial charge in [-0.05, 0) is 11.4 Å². The maximum Gasteiger partial charge on any atom is 0.225 e. The average Bonchev–Trinajstić information content (AvgIpc) is 2.86. The zero-order valence-electron chi connectivity index (χ0n) is 11.3. The molecule has 0 aliphatic carbocycles. The van der Waals surface area contributed by atoms with E-state index in [1.807, 2.05) is 11.4 Å². The Balaban J connectivity index is 2.11. The molecular weight excluding hydrogens is 298 g/mol. The van der Waals surface area contributed by atoms with E-state index in [2.05, 4.69) is 25.3 Å². The monoisotopic (exact) mass is 315 g/mol. The normalized spacial score (nSPS) is 11.7. The fraction of sp³-hybridized carbons (Fsp3) is 0.455. The minimum Gasteiger partial charge on any atom is -0.368 e. The van der Waals surface area contributed by atoms with Crippen LogP contribution in [0.1, 0.15) is 6.92 Å². The van der Waals surface area contributed by atoms with E-state index in [1.54, 1.807) is 14.0 Å². The zero-order chi connectivity index (χ0) is 14.6. The van der Waals surface area contributed by atoms with Crippen LogP contribution in [0.4, 0.5) is 11.8 Å². The van der Waals surface area contributed by atoms with Crippen LogP contribution in [0, 0.1) is 0 Å². The van der Waals surface area contributed by atoms with Crippen LogP contribution >= 0.6 is 11.3 Å². The Labute approximate surface area is 121 Å². The maximum absolute atomic E-state index is 11.6. The molecule has 0 bridgehead atoms. The minimum absolute atomic E-state index is 0.00532. The molecule has 0 amide bonds. The fourth-order valence-electron chi connectivity index (χ4n) is 1.70. The molecule has 0 saturated carbocycles. The number of fused-ring (bicyclic) bond motifs is 1. The quantitative estimate of drug-likeness (QED) is 0.708. The van der Waals surface area contributed by atoms with E-state index in [1.165, 1.54) is 11.3 Å². The molecule has 2 rings (SSSR count). The number of anilines is 2. The lowest BCUT2D eigenvalue weighted by molar-refractivity contribution is 0.584. The first-order valence-corrected chi connectivity index (χ1v) is 8.73. The van der Waals surface area contributed by atoms with Crippen molar-refractivity contribution in [2.24, 2.45) is 0 Å². The summed E-state index contributed by atoms with van der Waals surface area (Å²) in [5, 5.41) is 8.78. The first-order chi connectivity index (χ1) is 9.55. The number of hydrogen-bond donors (Lipinski definition) is 3. The summed E-state index contributed by atoms with van der Waals surface area (Å²) >= 11 is 1.52. The van der Waals surface area contributed by atoms with Gasteiger partial charge >= 0.3 is 0 Å². The summed E-state index contributed by atoms with van der Waals surface area (Å²) in [6, 6.07) is 1.92. The SMILES string of the molecule is CCNS(=O)(=O)CCNc1nc(NC)nc2sccc12. The summed E-state index contributed by atoms with van der Waals surface area (Å²) in [5.74, 6) is 1.16. The predicted molar refractivity (Wildman–Crippen MR) is 82.9 cm³/mol. The number of nitrogens with zero attached hydrogens (tertiary/aromatic N) is 2. The summed E-state index contributed by atoms with van der Waals surface area (Å²) in [4.78, 5) is 9.50. The second-order valence-electron chi connectivity index (χ2n) is 4.03. The van der Waals surface area contributed by atoms with Crippen molar-refractivity contribution in [2.75, 3.05) is 36.5 Å². The Hall–Kier alpha value is -1.45. The van der Waals surface area contributed by atoms with Crippen LogP contribution < -0.4 is 15.4 Å². The Kier molecular flexibility index (Phi) is 4.73. The second kappa shape index (κ2) is 6.33. The zero-order valence-corrected chi connectivity index (χ0v) is 12.9. The van der Waals surface area contributed by atoms with Crippen LogP contribution in [0.3, 0.4) is 0 Å². The van der Waals surface area contributed by atoms with Crippen LogP contribution in [0.5, 0.6) is 0 Å². The number of sulfonamides is 1. The van der Waals surface area contributed by atoms with Crippen molar-refractivity contribution in [2.45, 2.75) is 6.92 Å². The smallest absolute Gasteiger partial charge is 0.225 e. The molecule has 0 aliphatic rings. The van der Waals surface area contributed by atoms with Crippen LogP contribution in [-0.4, -0.2) is 44.3 Å². The van der Waals surface area contributed by atoms with E-state index in [0.29, 0.717) is 24.9 Å². The standard InChI is InChI=1S/C11H17N5O2S2/c1-3-14-20(17,18)7-5-13-9-8-4-6-19-10(8)16-11(12-2)15-9/h4,6,14H,3,5,7H2,1-2H3,(H2,12,13,15,16). The third kappa shape index (κ3) is 3.56. The highest BCUT2D eigenvalue weighted by atomic mass is 32.2. The molecule has 7 nitrogen and oxygen atoms in total. The fourth-order valence-corrected chi connectivity index (χ4v) is 3.42. The molecule has 0 aliphatic heterocycles. The summed E-state index contributed by atoms with van der Waals surface area (Å²) in [6.07, 6.45) is 0. The van der Waals surface area contributed by atoms with Gasteiger partial charge in [0.05, 0.1) is 11.1 Å². The molecule has 2 aromatic rings. The van der Waals surface area contributed by atoms with Crippen molar-refractivity contribution < 1.29 is 8.42 Å². The van der Waals surface area contributed by atoms with E-state index in [9.17, 15) is 8.42 Å². The first kappa shape index (κ1) is 14.9. The van der Waals surface area contributed by atoms with Gasteiger partial charge in [-0.1, -0.05) is 6.92 Å². The topological polar surface area (TPSA) is 96.0 Å². The van der Waals surface area contributed by atoms with Gasteiger partial charge in [0, 0.05) is 20.1 Å². The third-order valence-corrected chi connectivity index (χ3v) is 4.85. The number of aromatic nitrogens is 2. The van der Waals surface area contributed by atoms with Crippen molar-refractivity contribution >= 4 is 43.3 Å². The molecule has 2 aromatic heterocycles. The number of rotatable bonds is 7. The Bertz CT molecular complexity index is 683. The highest BCUT2D eigenvalue weighted by Crippen LogP contribution is 2.26. The second-order valence-corrected chi connectivity index (χ2v) is 6.85. The summed E-state index contributed by atoms with van der Waals surface area (Å²) in [6.45, 7) is 2.44. The van der Waals surface area contributed by atoms with Crippen LogP contribution in [0.2, 0.25) is 0 Å². The van der Waals surface area contributed by atoms with E-state index < -0.39 is 10.0 Å².